The van der Waals surface area contributed by atoms with E-state index in [1.807, 2.05) is 6.92 Å². The fourth-order valence-electron chi connectivity index (χ4n) is 1.95. The lowest BCUT2D eigenvalue weighted by Crippen LogP contribution is -2.29. The summed E-state index contributed by atoms with van der Waals surface area (Å²) in [5, 5.41) is 3.43. The van der Waals surface area contributed by atoms with Crippen LogP contribution in [0.3, 0.4) is 0 Å². The van der Waals surface area contributed by atoms with Crippen molar-refractivity contribution in [2.75, 3.05) is 19.7 Å². The third-order valence-corrected chi connectivity index (χ3v) is 3.18. The first-order chi connectivity index (χ1) is 8.57. The molecule has 0 saturated carbocycles. The van der Waals surface area contributed by atoms with Crippen molar-refractivity contribution in [2.24, 2.45) is 5.41 Å². The first-order valence-corrected chi connectivity index (χ1v) is 7.00. The Morgan fingerprint density at radius 1 is 1.11 bits per heavy atom. The van der Waals surface area contributed by atoms with Gasteiger partial charge in [-0.05, 0) is 49.4 Å². The predicted octanol–water partition coefficient (Wildman–Crippen LogP) is 3.65. The SMILES string of the molecule is CCNCC(C)(C)CCc1ccc(OCC)cc1. The summed E-state index contributed by atoms with van der Waals surface area (Å²) in [5.41, 5.74) is 1.75. The van der Waals surface area contributed by atoms with E-state index in [-0.39, 0.29) is 0 Å². The van der Waals surface area contributed by atoms with Crippen molar-refractivity contribution in [2.45, 2.75) is 40.5 Å². The highest BCUT2D eigenvalue weighted by atomic mass is 16.5. The zero-order chi connectivity index (χ0) is 13.4. The molecule has 0 aliphatic rings. The molecule has 0 radical (unpaired) electrons. The smallest absolute Gasteiger partial charge is 0.119 e. The average molecular weight is 249 g/mol. The lowest BCUT2D eigenvalue weighted by atomic mass is 9.86. The van der Waals surface area contributed by atoms with Crippen molar-refractivity contribution in [3.05, 3.63) is 29.8 Å². The molecule has 0 spiro atoms. The molecule has 18 heavy (non-hydrogen) atoms. The van der Waals surface area contributed by atoms with Crippen LogP contribution in [0.5, 0.6) is 5.75 Å². The Morgan fingerprint density at radius 3 is 2.33 bits per heavy atom. The summed E-state index contributed by atoms with van der Waals surface area (Å²) in [7, 11) is 0. The van der Waals surface area contributed by atoms with Gasteiger partial charge in [0.15, 0.2) is 0 Å². The molecule has 1 rings (SSSR count). The van der Waals surface area contributed by atoms with E-state index in [2.05, 4.69) is 50.4 Å². The molecular weight excluding hydrogens is 222 g/mol. The van der Waals surface area contributed by atoms with Gasteiger partial charge in [0.25, 0.3) is 0 Å². The highest BCUT2D eigenvalue weighted by Crippen LogP contribution is 2.22. The van der Waals surface area contributed by atoms with Crippen molar-refractivity contribution in [1.29, 1.82) is 0 Å². The summed E-state index contributed by atoms with van der Waals surface area (Å²) in [5.74, 6) is 0.966. The summed E-state index contributed by atoms with van der Waals surface area (Å²) in [6.45, 7) is 11.7. The van der Waals surface area contributed by atoms with Gasteiger partial charge in [0.2, 0.25) is 0 Å². The molecule has 2 nitrogen and oxygen atoms in total. The van der Waals surface area contributed by atoms with Crippen LogP contribution in [0.1, 0.15) is 39.7 Å². The Labute approximate surface area is 112 Å². The molecule has 2 heteroatoms. The van der Waals surface area contributed by atoms with Crippen LogP contribution in [0.25, 0.3) is 0 Å². The van der Waals surface area contributed by atoms with Gasteiger partial charge in [0.1, 0.15) is 5.75 Å². The molecule has 0 aliphatic heterocycles. The van der Waals surface area contributed by atoms with Crippen LogP contribution < -0.4 is 10.1 Å². The van der Waals surface area contributed by atoms with Crippen molar-refractivity contribution in [1.82, 2.24) is 5.32 Å². The molecule has 1 aromatic rings. The zero-order valence-electron chi connectivity index (χ0n) is 12.3. The Morgan fingerprint density at radius 2 is 1.78 bits per heavy atom. The van der Waals surface area contributed by atoms with Crippen molar-refractivity contribution < 1.29 is 4.74 Å². The summed E-state index contributed by atoms with van der Waals surface area (Å²) < 4.78 is 5.45. The molecule has 0 heterocycles. The van der Waals surface area contributed by atoms with Gasteiger partial charge in [0.05, 0.1) is 6.61 Å². The van der Waals surface area contributed by atoms with E-state index in [1.54, 1.807) is 0 Å². The molecule has 0 aliphatic carbocycles. The number of hydrogen-bond donors (Lipinski definition) is 1. The van der Waals surface area contributed by atoms with Gasteiger partial charge in [-0.25, -0.2) is 0 Å². The quantitative estimate of drug-likeness (QED) is 0.759. The first kappa shape index (κ1) is 15.0. The minimum Gasteiger partial charge on any atom is -0.494 e. The summed E-state index contributed by atoms with van der Waals surface area (Å²) in [6, 6.07) is 8.48. The van der Waals surface area contributed by atoms with Gasteiger partial charge in [-0.1, -0.05) is 32.9 Å². The lowest BCUT2D eigenvalue weighted by Gasteiger charge is -2.24. The lowest BCUT2D eigenvalue weighted by molar-refractivity contribution is 0.317. The van der Waals surface area contributed by atoms with E-state index in [4.69, 9.17) is 4.74 Å². The second-order valence-corrected chi connectivity index (χ2v) is 5.52. The second-order valence-electron chi connectivity index (χ2n) is 5.52. The van der Waals surface area contributed by atoms with Crippen molar-refractivity contribution >= 4 is 0 Å². The number of nitrogens with one attached hydrogen (secondary N) is 1. The number of ether oxygens (including phenoxy) is 1. The van der Waals surface area contributed by atoms with E-state index in [9.17, 15) is 0 Å². The van der Waals surface area contributed by atoms with Gasteiger partial charge < -0.3 is 10.1 Å². The molecule has 0 fully saturated rings. The molecule has 0 saturated heterocycles. The van der Waals surface area contributed by atoms with E-state index >= 15 is 0 Å². The topological polar surface area (TPSA) is 21.3 Å². The molecule has 0 amide bonds. The van der Waals surface area contributed by atoms with E-state index in [0.717, 1.165) is 31.9 Å². The van der Waals surface area contributed by atoms with Gasteiger partial charge >= 0.3 is 0 Å². The normalized spacial score (nSPS) is 11.6. The van der Waals surface area contributed by atoms with Crippen LogP contribution in [0, 0.1) is 5.41 Å². The van der Waals surface area contributed by atoms with Crippen LogP contribution in [0.4, 0.5) is 0 Å². The fourth-order valence-corrected chi connectivity index (χ4v) is 1.95. The van der Waals surface area contributed by atoms with Crippen LogP contribution in [0.2, 0.25) is 0 Å². The van der Waals surface area contributed by atoms with Crippen molar-refractivity contribution in [3.63, 3.8) is 0 Å². The molecule has 1 N–H and O–H groups in total. The maximum Gasteiger partial charge on any atom is 0.119 e. The molecule has 0 aromatic heterocycles. The zero-order valence-corrected chi connectivity index (χ0v) is 12.3. The van der Waals surface area contributed by atoms with Crippen molar-refractivity contribution in [3.8, 4) is 5.75 Å². The minimum atomic E-state index is 0.356. The Bertz CT molecular complexity index is 329. The molecular formula is C16H27NO. The maximum absolute atomic E-state index is 5.45. The molecule has 102 valence electrons. The van der Waals surface area contributed by atoms with Gasteiger partial charge in [-0.3, -0.25) is 0 Å². The number of aryl methyl sites for hydroxylation is 1. The number of hydrogen-bond acceptors (Lipinski definition) is 2. The highest BCUT2D eigenvalue weighted by Gasteiger charge is 2.16. The molecule has 0 bridgehead atoms. The van der Waals surface area contributed by atoms with E-state index < -0.39 is 0 Å². The van der Waals surface area contributed by atoms with Crippen LogP contribution in [-0.2, 0) is 6.42 Å². The van der Waals surface area contributed by atoms with E-state index in [1.165, 1.54) is 12.0 Å². The largest absolute Gasteiger partial charge is 0.494 e. The fraction of sp³-hybridized carbons (Fsp3) is 0.625. The van der Waals surface area contributed by atoms with Crippen LogP contribution >= 0.6 is 0 Å². The van der Waals surface area contributed by atoms with Gasteiger partial charge in [-0.2, -0.15) is 0 Å². The molecule has 0 unspecified atom stereocenters. The van der Waals surface area contributed by atoms with Gasteiger partial charge in [0, 0.05) is 6.54 Å². The Kier molecular flexibility index (Phi) is 6.20. The Hall–Kier alpha value is -1.02. The summed E-state index contributed by atoms with van der Waals surface area (Å²) >= 11 is 0. The third-order valence-electron chi connectivity index (χ3n) is 3.18. The summed E-state index contributed by atoms with van der Waals surface area (Å²) in [6.07, 6.45) is 2.33. The average Bonchev–Trinajstić information content (AvgIpc) is 2.36. The van der Waals surface area contributed by atoms with Crippen LogP contribution in [-0.4, -0.2) is 19.7 Å². The first-order valence-electron chi connectivity index (χ1n) is 7.00. The maximum atomic E-state index is 5.45. The number of benzene rings is 1. The standard InChI is InChI=1S/C16H27NO/c1-5-17-13-16(3,4)12-11-14-7-9-15(10-8-14)18-6-2/h7-10,17H,5-6,11-13H2,1-4H3. The monoisotopic (exact) mass is 249 g/mol. The predicted molar refractivity (Wildman–Crippen MR) is 78.3 cm³/mol. The van der Waals surface area contributed by atoms with Crippen LogP contribution in [0.15, 0.2) is 24.3 Å². The third kappa shape index (κ3) is 5.54. The second kappa shape index (κ2) is 7.42. The highest BCUT2D eigenvalue weighted by molar-refractivity contribution is 5.27. The van der Waals surface area contributed by atoms with E-state index in [0.29, 0.717) is 5.41 Å². The van der Waals surface area contributed by atoms with Gasteiger partial charge in [-0.15, -0.1) is 0 Å². The number of rotatable bonds is 8. The molecule has 0 atom stereocenters. The Balaban J connectivity index is 2.42. The summed E-state index contributed by atoms with van der Waals surface area (Å²) in [4.78, 5) is 0. The minimum absolute atomic E-state index is 0.356. The molecule has 1 aromatic carbocycles.